The summed E-state index contributed by atoms with van der Waals surface area (Å²) in [4.78, 5) is 30.2. The number of carbonyl (C=O) groups is 2. The quantitative estimate of drug-likeness (QED) is 0.465. The first-order chi connectivity index (χ1) is 16.2. The van der Waals surface area contributed by atoms with E-state index in [1.165, 1.54) is 5.56 Å². The third-order valence-electron chi connectivity index (χ3n) is 6.18. The number of ether oxygens (including phenoxy) is 1. The molecule has 0 spiro atoms. The molecule has 0 radical (unpaired) electrons. The number of aromatic nitrogens is 1. The van der Waals surface area contributed by atoms with E-state index in [1.54, 1.807) is 10.6 Å². The first-order valence-corrected chi connectivity index (χ1v) is 11.6. The number of benzene rings is 1. The molecule has 1 aliphatic heterocycles. The molecule has 2 atom stereocenters. The molecule has 1 aliphatic rings. The monoisotopic (exact) mass is 468 g/mol. The van der Waals surface area contributed by atoms with E-state index < -0.39 is 17.6 Å². The fourth-order valence-electron chi connectivity index (χ4n) is 4.03. The summed E-state index contributed by atoms with van der Waals surface area (Å²) in [5.74, 6) is -0.521. The average Bonchev–Trinajstić information content (AvgIpc) is 3.25. The van der Waals surface area contributed by atoms with Gasteiger partial charge in [-0.15, -0.1) is 0 Å². The van der Waals surface area contributed by atoms with Gasteiger partial charge in [-0.2, -0.15) is 4.57 Å². The van der Waals surface area contributed by atoms with Crippen LogP contribution in [-0.2, 0) is 21.5 Å². The first-order valence-electron chi connectivity index (χ1n) is 11.6. The Morgan fingerprint density at radius 2 is 1.97 bits per heavy atom. The molecule has 8 heteroatoms. The van der Waals surface area contributed by atoms with Crippen LogP contribution in [0.2, 0.25) is 0 Å². The minimum absolute atomic E-state index is 0.230. The second-order valence-electron chi connectivity index (χ2n) is 9.02. The summed E-state index contributed by atoms with van der Waals surface area (Å²) in [7, 11) is 1.81. The number of aliphatic carboxylic acids is 1. The van der Waals surface area contributed by atoms with Gasteiger partial charge >= 0.3 is 11.8 Å². The number of pyridine rings is 1. The highest BCUT2D eigenvalue weighted by atomic mass is 16.7. The maximum absolute atomic E-state index is 12.8. The van der Waals surface area contributed by atoms with Crippen LogP contribution in [0.1, 0.15) is 57.1 Å². The number of nitrogens with zero attached hydrogens (tertiary/aromatic N) is 2. The predicted molar refractivity (Wildman–Crippen MR) is 128 cm³/mol. The fourth-order valence-corrected chi connectivity index (χ4v) is 4.03. The van der Waals surface area contributed by atoms with Crippen molar-refractivity contribution in [3.05, 3.63) is 59.8 Å². The van der Waals surface area contributed by atoms with Gasteiger partial charge in [-0.05, 0) is 24.0 Å². The van der Waals surface area contributed by atoms with E-state index >= 15 is 0 Å². The molecule has 182 valence electrons. The minimum Gasteiger partial charge on any atom is -0.481 e. The second-order valence-corrected chi connectivity index (χ2v) is 9.02. The van der Waals surface area contributed by atoms with Crippen LogP contribution < -0.4 is 14.6 Å². The van der Waals surface area contributed by atoms with E-state index in [1.807, 2.05) is 50.5 Å². The number of hydrogen-bond acceptors (Lipinski definition) is 6. The Morgan fingerprint density at radius 3 is 2.65 bits per heavy atom. The molecule has 2 N–H and O–H groups in total. The molecule has 0 fully saturated rings. The van der Waals surface area contributed by atoms with Crippen LogP contribution in [-0.4, -0.2) is 47.4 Å². The molecule has 34 heavy (non-hydrogen) atoms. The van der Waals surface area contributed by atoms with E-state index in [2.05, 4.69) is 30.4 Å². The van der Waals surface area contributed by atoms with Gasteiger partial charge in [0.05, 0.1) is 24.2 Å². The van der Waals surface area contributed by atoms with Gasteiger partial charge in [-0.25, -0.2) is 0 Å². The number of hydrogen-bond donors (Lipinski definition) is 2. The van der Waals surface area contributed by atoms with Gasteiger partial charge in [-0.1, -0.05) is 50.2 Å². The molecule has 0 saturated heterocycles. The summed E-state index contributed by atoms with van der Waals surface area (Å²) < 4.78 is 7.37. The Kier molecular flexibility index (Phi) is 8.39. The smallest absolute Gasteiger partial charge is 0.367 e. The van der Waals surface area contributed by atoms with Crippen molar-refractivity contribution in [3.8, 4) is 5.88 Å². The molecular formula is C26H34N3O5+. The zero-order valence-corrected chi connectivity index (χ0v) is 20.3. The maximum Gasteiger partial charge on any atom is 0.367 e. The van der Waals surface area contributed by atoms with Crippen molar-refractivity contribution in [1.82, 2.24) is 5.32 Å². The van der Waals surface area contributed by atoms with Gasteiger partial charge in [-0.3, -0.25) is 9.59 Å². The number of carboxylic acids is 1. The molecule has 1 aromatic heterocycles. The van der Waals surface area contributed by atoms with Gasteiger partial charge in [0.2, 0.25) is 0 Å². The molecule has 2 heterocycles. The van der Waals surface area contributed by atoms with Crippen molar-refractivity contribution in [3.63, 3.8) is 0 Å². The lowest BCUT2D eigenvalue weighted by molar-refractivity contribution is -0.677. The van der Waals surface area contributed by atoms with E-state index in [0.29, 0.717) is 31.2 Å². The third-order valence-corrected chi connectivity index (χ3v) is 6.18. The van der Waals surface area contributed by atoms with Crippen molar-refractivity contribution in [2.24, 2.45) is 12.2 Å². The van der Waals surface area contributed by atoms with Crippen LogP contribution in [0, 0.1) is 0 Å². The molecule has 2 aromatic rings. The molecule has 3 rings (SSSR count). The maximum atomic E-state index is 12.8. The first kappa shape index (κ1) is 25.4. The van der Waals surface area contributed by atoms with Gasteiger partial charge in [0, 0.05) is 24.6 Å². The Labute approximate surface area is 200 Å². The van der Waals surface area contributed by atoms with E-state index in [0.717, 1.165) is 11.3 Å². The topological polar surface area (TPSA) is 101 Å². The Morgan fingerprint density at radius 1 is 1.24 bits per heavy atom. The van der Waals surface area contributed by atoms with Crippen LogP contribution in [0.3, 0.4) is 0 Å². The Hall–Kier alpha value is -3.26. The van der Waals surface area contributed by atoms with Crippen molar-refractivity contribution in [2.45, 2.75) is 57.6 Å². The van der Waals surface area contributed by atoms with Crippen molar-refractivity contribution in [1.29, 1.82) is 0 Å². The van der Waals surface area contributed by atoms with Crippen molar-refractivity contribution in [2.75, 3.05) is 13.2 Å². The fraction of sp³-hybridized carbons (Fsp3) is 0.462. The summed E-state index contributed by atoms with van der Waals surface area (Å²) in [6.45, 7) is 6.35. The second kappa shape index (κ2) is 11.2. The van der Waals surface area contributed by atoms with Crippen LogP contribution in [0.4, 0.5) is 0 Å². The lowest BCUT2D eigenvalue weighted by Crippen LogP contribution is -2.49. The zero-order chi connectivity index (χ0) is 24.7. The van der Waals surface area contributed by atoms with E-state index in [4.69, 9.17) is 9.57 Å². The lowest BCUT2D eigenvalue weighted by atomic mass is 9.87. The summed E-state index contributed by atoms with van der Waals surface area (Å²) in [5.41, 5.74) is 2.49. The number of carbonyl (C=O) groups excluding carboxylic acids is 1. The summed E-state index contributed by atoms with van der Waals surface area (Å²) >= 11 is 0. The molecule has 0 saturated carbocycles. The SMILES string of the molecule is CCC1(CN[C@@H](CC(=O)O)C(=O)COc2cccc[n+]2C)CC(c2ccccc2C(C)C)=NO1. The number of aryl methyl sites for hydroxylation is 1. The number of carboxylic acid groups (broad SMARTS) is 1. The molecule has 0 aliphatic carbocycles. The molecule has 0 bridgehead atoms. The average molecular weight is 469 g/mol. The lowest BCUT2D eigenvalue weighted by Gasteiger charge is -2.28. The highest BCUT2D eigenvalue weighted by Gasteiger charge is 2.39. The minimum atomic E-state index is -1.06. The van der Waals surface area contributed by atoms with Crippen LogP contribution in [0.5, 0.6) is 5.88 Å². The molecule has 1 unspecified atom stereocenters. The normalized spacial score (nSPS) is 18.3. The van der Waals surface area contributed by atoms with Gasteiger partial charge in [0.1, 0.15) is 7.05 Å². The summed E-state index contributed by atoms with van der Waals surface area (Å²) in [6, 6.07) is 12.7. The largest absolute Gasteiger partial charge is 0.481 e. The number of nitrogens with one attached hydrogen (secondary N) is 1. The Balaban J connectivity index is 1.66. The Bertz CT molecular complexity index is 1050. The van der Waals surface area contributed by atoms with Crippen LogP contribution in [0.15, 0.2) is 53.8 Å². The predicted octanol–water partition coefficient (Wildman–Crippen LogP) is 2.99. The molecule has 0 amide bonds. The van der Waals surface area contributed by atoms with Gasteiger partial charge in [0.25, 0.3) is 0 Å². The van der Waals surface area contributed by atoms with Crippen LogP contribution >= 0.6 is 0 Å². The third kappa shape index (κ3) is 6.20. The standard InChI is InChI=1S/C26H33N3O5/c1-5-26(15-22(28-34-26)20-11-7-6-10-19(20)18(2)3)17-27-21(14-25(31)32)23(30)16-33-24-12-8-9-13-29(24)4/h6-13,18,21,27H,5,14-17H2,1-4H3/p+1/t21-,26?/m0/s1. The van der Waals surface area contributed by atoms with Crippen molar-refractivity contribution < 1.29 is 28.8 Å². The molecular weight excluding hydrogens is 434 g/mol. The van der Waals surface area contributed by atoms with Crippen molar-refractivity contribution >= 4 is 17.5 Å². The van der Waals surface area contributed by atoms with E-state index in [9.17, 15) is 14.7 Å². The highest BCUT2D eigenvalue weighted by molar-refractivity contribution is 6.03. The summed E-state index contributed by atoms with van der Waals surface area (Å²) in [6.07, 6.45) is 2.70. The van der Waals surface area contributed by atoms with Gasteiger partial charge in [0.15, 0.2) is 24.2 Å². The molecule has 8 nitrogen and oxygen atoms in total. The van der Waals surface area contributed by atoms with Crippen LogP contribution in [0.25, 0.3) is 0 Å². The molecule has 1 aromatic carbocycles. The zero-order valence-electron chi connectivity index (χ0n) is 20.3. The number of ketones is 1. The number of rotatable bonds is 12. The summed E-state index contributed by atoms with van der Waals surface area (Å²) in [5, 5.41) is 16.9. The van der Waals surface area contributed by atoms with E-state index in [-0.39, 0.29) is 18.8 Å². The highest BCUT2D eigenvalue weighted by Crippen LogP contribution is 2.32. The van der Waals surface area contributed by atoms with Gasteiger partial charge < -0.3 is 20.0 Å². The number of oxime groups is 1. The number of Topliss-reactive ketones (excluding diaryl/α,β-unsaturated/α-hetero) is 1.